The molecule has 3 N–H and O–H groups in total. The number of hydrogen-bond donors (Lipinski definition) is 2. The normalized spacial score (nSPS) is 16.7. The monoisotopic (exact) mass is 361 g/mol. The van der Waals surface area contributed by atoms with Gasteiger partial charge < -0.3 is 20.4 Å². The fourth-order valence-electron chi connectivity index (χ4n) is 3.11. The Morgan fingerprint density at radius 2 is 2.12 bits per heavy atom. The highest BCUT2D eigenvalue weighted by Crippen LogP contribution is 2.30. The van der Waals surface area contributed by atoms with Crippen LogP contribution in [-0.2, 0) is 0 Å². The topological polar surface area (TPSA) is 88.6 Å². The molecule has 0 aliphatic carbocycles. The molecule has 2 aromatic heterocycles. The van der Waals surface area contributed by atoms with E-state index in [-0.39, 0.29) is 23.6 Å². The summed E-state index contributed by atoms with van der Waals surface area (Å²) in [5.74, 6) is 0.445. The molecule has 0 spiro atoms. The SMILES string of the molecule is Cc1cc(NC(=O)c2ccco2)sc1C(=O)N1CCC(C(C)N)CC1. The van der Waals surface area contributed by atoms with Crippen LogP contribution in [0, 0.1) is 12.8 Å². The van der Waals surface area contributed by atoms with Crippen molar-refractivity contribution in [1.82, 2.24) is 4.90 Å². The van der Waals surface area contributed by atoms with Crippen molar-refractivity contribution in [2.24, 2.45) is 11.7 Å². The fraction of sp³-hybridized carbons (Fsp3) is 0.444. The smallest absolute Gasteiger partial charge is 0.291 e. The molecule has 0 radical (unpaired) electrons. The third-order valence-electron chi connectivity index (χ3n) is 4.66. The summed E-state index contributed by atoms with van der Waals surface area (Å²) in [6, 6.07) is 5.26. The van der Waals surface area contributed by atoms with Gasteiger partial charge in [0, 0.05) is 19.1 Å². The van der Waals surface area contributed by atoms with Gasteiger partial charge in [0.1, 0.15) is 0 Å². The highest BCUT2D eigenvalue weighted by molar-refractivity contribution is 7.18. The van der Waals surface area contributed by atoms with Crippen LogP contribution >= 0.6 is 11.3 Å². The van der Waals surface area contributed by atoms with E-state index in [0.717, 1.165) is 31.5 Å². The van der Waals surface area contributed by atoms with Gasteiger partial charge in [0.25, 0.3) is 11.8 Å². The average molecular weight is 361 g/mol. The summed E-state index contributed by atoms with van der Waals surface area (Å²) in [6.07, 6.45) is 3.33. The van der Waals surface area contributed by atoms with E-state index in [1.54, 1.807) is 12.1 Å². The third-order valence-corrected chi connectivity index (χ3v) is 5.80. The molecule has 7 heteroatoms. The summed E-state index contributed by atoms with van der Waals surface area (Å²) in [6.45, 7) is 5.38. The molecule has 0 saturated carbocycles. The van der Waals surface area contributed by atoms with Crippen molar-refractivity contribution in [3.63, 3.8) is 0 Å². The molecule has 3 heterocycles. The van der Waals surface area contributed by atoms with E-state index in [2.05, 4.69) is 5.32 Å². The lowest BCUT2D eigenvalue weighted by Gasteiger charge is -2.33. The van der Waals surface area contributed by atoms with Crippen molar-refractivity contribution < 1.29 is 14.0 Å². The predicted octanol–water partition coefficient (Wildman–Crippen LogP) is 3.10. The van der Waals surface area contributed by atoms with Crippen molar-refractivity contribution in [3.05, 3.63) is 40.7 Å². The first-order valence-electron chi connectivity index (χ1n) is 8.46. The second-order valence-electron chi connectivity index (χ2n) is 6.54. The predicted molar refractivity (Wildman–Crippen MR) is 98.0 cm³/mol. The number of carbonyl (C=O) groups excluding carboxylic acids is 2. The summed E-state index contributed by atoms with van der Waals surface area (Å²) in [4.78, 5) is 27.4. The minimum Gasteiger partial charge on any atom is -0.459 e. The zero-order valence-corrected chi connectivity index (χ0v) is 15.3. The molecule has 1 fully saturated rings. The largest absolute Gasteiger partial charge is 0.459 e. The van der Waals surface area contributed by atoms with Crippen molar-refractivity contribution in [2.75, 3.05) is 18.4 Å². The van der Waals surface area contributed by atoms with Crippen LogP contribution in [0.2, 0.25) is 0 Å². The molecule has 1 aliphatic rings. The van der Waals surface area contributed by atoms with E-state index in [9.17, 15) is 9.59 Å². The number of hydrogen-bond acceptors (Lipinski definition) is 5. The Morgan fingerprint density at radius 3 is 2.72 bits per heavy atom. The lowest BCUT2D eigenvalue weighted by atomic mass is 9.91. The van der Waals surface area contributed by atoms with Crippen LogP contribution in [0.25, 0.3) is 0 Å². The molecule has 1 unspecified atom stereocenters. The van der Waals surface area contributed by atoms with Crippen LogP contribution in [0.4, 0.5) is 5.00 Å². The molecule has 2 aromatic rings. The van der Waals surface area contributed by atoms with E-state index >= 15 is 0 Å². The Labute approximate surface area is 151 Å². The van der Waals surface area contributed by atoms with Gasteiger partial charge in [-0.1, -0.05) is 0 Å². The van der Waals surface area contributed by atoms with Crippen molar-refractivity contribution in [3.8, 4) is 0 Å². The summed E-state index contributed by atoms with van der Waals surface area (Å²) >= 11 is 1.30. The number of aryl methyl sites for hydroxylation is 1. The number of piperidine rings is 1. The van der Waals surface area contributed by atoms with Gasteiger partial charge in [0.15, 0.2) is 5.76 Å². The molecule has 1 saturated heterocycles. The molecule has 2 amide bonds. The van der Waals surface area contributed by atoms with E-state index in [1.165, 1.54) is 17.6 Å². The molecule has 1 aliphatic heterocycles. The third kappa shape index (κ3) is 3.93. The molecule has 6 nitrogen and oxygen atoms in total. The number of rotatable bonds is 4. The van der Waals surface area contributed by atoms with Crippen LogP contribution in [-0.4, -0.2) is 35.8 Å². The van der Waals surface area contributed by atoms with Gasteiger partial charge in [-0.05, 0) is 56.4 Å². The Bertz CT molecular complexity index is 744. The van der Waals surface area contributed by atoms with Crippen LogP contribution < -0.4 is 11.1 Å². The zero-order valence-electron chi connectivity index (χ0n) is 14.5. The number of amides is 2. The quantitative estimate of drug-likeness (QED) is 0.876. The minimum absolute atomic E-state index is 0.0316. The van der Waals surface area contributed by atoms with Crippen molar-refractivity contribution >= 4 is 28.2 Å². The molecule has 25 heavy (non-hydrogen) atoms. The van der Waals surface area contributed by atoms with Crippen LogP contribution in [0.1, 0.15) is 45.6 Å². The standard InChI is InChI=1S/C18H23N3O3S/c1-11-10-15(20-17(22)14-4-3-9-24-14)25-16(11)18(23)21-7-5-13(6-8-21)12(2)19/h3-4,9-10,12-13H,5-8,19H2,1-2H3,(H,20,22). The lowest BCUT2D eigenvalue weighted by molar-refractivity contribution is 0.0685. The van der Waals surface area contributed by atoms with E-state index in [1.807, 2.05) is 24.8 Å². The Hall–Kier alpha value is -2.12. The summed E-state index contributed by atoms with van der Waals surface area (Å²) in [5.41, 5.74) is 6.84. The number of nitrogens with one attached hydrogen (secondary N) is 1. The van der Waals surface area contributed by atoms with Gasteiger partial charge in [0.05, 0.1) is 16.1 Å². The van der Waals surface area contributed by atoms with Crippen LogP contribution in [0.15, 0.2) is 28.9 Å². The van der Waals surface area contributed by atoms with Gasteiger partial charge >= 0.3 is 0 Å². The zero-order chi connectivity index (χ0) is 18.0. The number of nitrogens with zero attached hydrogens (tertiary/aromatic N) is 1. The summed E-state index contributed by atoms with van der Waals surface area (Å²) in [7, 11) is 0. The number of nitrogens with two attached hydrogens (primary N) is 1. The van der Waals surface area contributed by atoms with Gasteiger partial charge in [-0.25, -0.2) is 0 Å². The Kier molecular flexibility index (Phi) is 5.24. The maximum absolute atomic E-state index is 12.8. The number of furan rings is 1. The minimum atomic E-state index is -0.317. The number of anilines is 1. The first-order valence-corrected chi connectivity index (χ1v) is 9.27. The maximum atomic E-state index is 12.8. The van der Waals surface area contributed by atoms with E-state index in [4.69, 9.17) is 10.2 Å². The maximum Gasteiger partial charge on any atom is 0.291 e. The highest BCUT2D eigenvalue weighted by Gasteiger charge is 2.27. The van der Waals surface area contributed by atoms with E-state index < -0.39 is 0 Å². The molecule has 134 valence electrons. The molecule has 0 aromatic carbocycles. The molecular formula is C18H23N3O3S. The van der Waals surface area contributed by atoms with Gasteiger partial charge in [-0.2, -0.15) is 0 Å². The van der Waals surface area contributed by atoms with Gasteiger partial charge in [0.2, 0.25) is 0 Å². The van der Waals surface area contributed by atoms with Gasteiger partial charge in [-0.15, -0.1) is 11.3 Å². The van der Waals surface area contributed by atoms with Crippen molar-refractivity contribution in [1.29, 1.82) is 0 Å². The first kappa shape index (κ1) is 17.7. The van der Waals surface area contributed by atoms with E-state index in [0.29, 0.717) is 15.8 Å². The molecule has 1 atom stereocenters. The molecular weight excluding hydrogens is 338 g/mol. The highest BCUT2D eigenvalue weighted by atomic mass is 32.1. The Balaban J connectivity index is 1.66. The van der Waals surface area contributed by atoms with Crippen molar-refractivity contribution in [2.45, 2.75) is 32.7 Å². The summed E-state index contributed by atoms with van der Waals surface area (Å²) < 4.78 is 5.08. The number of thiophene rings is 1. The molecule has 3 rings (SSSR count). The van der Waals surface area contributed by atoms with Crippen LogP contribution in [0.3, 0.4) is 0 Å². The first-order chi connectivity index (χ1) is 12.0. The Morgan fingerprint density at radius 1 is 1.40 bits per heavy atom. The van der Waals surface area contributed by atoms with Gasteiger partial charge in [-0.3, -0.25) is 9.59 Å². The lowest BCUT2D eigenvalue weighted by Crippen LogP contribution is -2.42. The molecule has 0 bridgehead atoms. The second kappa shape index (κ2) is 7.41. The number of likely N-dealkylation sites (tertiary alicyclic amines) is 1. The second-order valence-corrected chi connectivity index (χ2v) is 7.60. The fourth-order valence-corrected chi connectivity index (χ4v) is 4.14. The number of carbonyl (C=O) groups is 2. The van der Waals surface area contributed by atoms with Crippen LogP contribution in [0.5, 0.6) is 0 Å². The summed E-state index contributed by atoms with van der Waals surface area (Å²) in [5, 5.41) is 3.43. The average Bonchev–Trinajstić information content (AvgIpc) is 3.24.